The van der Waals surface area contributed by atoms with Crippen molar-refractivity contribution in [1.29, 1.82) is 0 Å². The third-order valence-corrected chi connectivity index (χ3v) is 6.70. The molecule has 0 amide bonds. The Balaban J connectivity index is 2.09. The summed E-state index contributed by atoms with van der Waals surface area (Å²) in [6, 6.07) is 21.0. The van der Waals surface area contributed by atoms with Crippen LogP contribution in [-0.2, 0) is 6.18 Å². The highest BCUT2D eigenvalue weighted by atomic mass is 127. The Morgan fingerprint density at radius 3 is 1.74 bits per heavy atom. The van der Waals surface area contributed by atoms with Crippen LogP contribution in [0.4, 0.5) is 13.2 Å². The zero-order valence-corrected chi connectivity index (χ0v) is 17.3. The van der Waals surface area contributed by atoms with E-state index in [1.54, 1.807) is 0 Å². The van der Waals surface area contributed by atoms with E-state index in [9.17, 15) is 13.2 Å². The van der Waals surface area contributed by atoms with E-state index in [0.717, 1.165) is 22.7 Å². The highest BCUT2D eigenvalue weighted by Gasteiger charge is 2.33. The second-order valence-electron chi connectivity index (χ2n) is 5.55. The van der Waals surface area contributed by atoms with Crippen molar-refractivity contribution >= 4 is 41.3 Å². The second kappa shape index (κ2) is 8.48. The first kappa shape index (κ1) is 20.0. The first-order valence-corrected chi connectivity index (χ1v) is 10.3. The van der Waals surface area contributed by atoms with Gasteiger partial charge in [-0.1, -0.05) is 60.7 Å². The predicted molar refractivity (Wildman–Crippen MR) is 110 cm³/mol. The number of methoxy groups -OCH3 is 1. The molecule has 27 heavy (non-hydrogen) atoms. The van der Waals surface area contributed by atoms with Gasteiger partial charge in [0.1, 0.15) is 11.5 Å². The summed E-state index contributed by atoms with van der Waals surface area (Å²) >= 11 is 1.95. The Kier molecular flexibility index (Phi) is 6.27. The molecule has 0 aromatic heterocycles. The van der Waals surface area contributed by atoms with Gasteiger partial charge in [0.2, 0.25) is 0 Å². The smallest absolute Gasteiger partial charge is 0.416 e. The number of hydrogen-bond acceptors (Lipinski definition) is 2. The van der Waals surface area contributed by atoms with Crippen LogP contribution in [0.3, 0.4) is 0 Å². The van der Waals surface area contributed by atoms with Crippen molar-refractivity contribution in [3.63, 3.8) is 0 Å². The van der Waals surface area contributed by atoms with Gasteiger partial charge in [-0.05, 0) is 34.7 Å². The van der Waals surface area contributed by atoms with Crippen molar-refractivity contribution in [2.24, 2.45) is 0 Å². The van der Waals surface area contributed by atoms with Gasteiger partial charge >= 0.3 is 6.18 Å². The number of hydrogen-bond donors (Lipinski definition) is 0. The van der Waals surface area contributed by atoms with Gasteiger partial charge in [-0.25, -0.2) is 0 Å². The van der Waals surface area contributed by atoms with Gasteiger partial charge in [0.25, 0.3) is 0 Å². The molecule has 0 bridgehead atoms. The molecule has 0 atom stereocenters. The van der Waals surface area contributed by atoms with Gasteiger partial charge < -0.3 is 9.26 Å². The number of alkyl halides is 3. The molecule has 0 heterocycles. The molecule has 3 rings (SSSR count). The van der Waals surface area contributed by atoms with Gasteiger partial charge in [0.05, 0.1) is 16.2 Å². The second-order valence-corrected chi connectivity index (χ2v) is 8.43. The Hall–Kier alpha value is -1.79. The number of benzene rings is 3. The zero-order chi connectivity index (χ0) is 19.4. The highest BCUT2D eigenvalue weighted by Crippen LogP contribution is 2.44. The molecule has 3 aromatic rings. The standard InChI is InChI=1S/C20H15F3IO2P/c1-25-17-12-14(20(21,22)23)13-18(19(17)24)26-27(15-8-4-2-5-9-15)16-10-6-3-7-11-16/h2-13H,1H3. The van der Waals surface area contributed by atoms with E-state index in [1.165, 1.54) is 7.11 Å². The molecule has 0 fully saturated rings. The predicted octanol–water partition coefficient (Wildman–Crippen LogP) is 5.75. The van der Waals surface area contributed by atoms with E-state index >= 15 is 0 Å². The van der Waals surface area contributed by atoms with Crippen LogP contribution in [0.1, 0.15) is 5.56 Å². The van der Waals surface area contributed by atoms with Crippen LogP contribution in [0.2, 0.25) is 0 Å². The maximum atomic E-state index is 13.3. The van der Waals surface area contributed by atoms with E-state index in [1.807, 2.05) is 83.3 Å². The molecule has 0 saturated heterocycles. The van der Waals surface area contributed by atoms with Crippen LogP contribution >= 0.6 is 30.7 Å². The summed E-state index contributed by atoms with van der Waals surface area (Å²) in [7, 11) is 0.00917. The Labute approximate surface area is 170 Å². The minimum absolute atomic E-state index is 0.136. The van der Waals surface area contributed by atoms with Gasteiger partial charge in [0, 0.05) is 10.6 Å². The molecule has 0 saturated carbocycles. The molecule has 0 aliphatic carbocycles. The average molecular weight is 502 g/mol. The monoisotopic (exact) mass is 502 g/mol. The Morgan fingerprint density at radius 1 is 0.815 bits per heavy atom. The fourth-order valence-corrected chi connectivity index (χ4v) is 4.98. The number of ether oxygens (including phenoxy) is 1. The zero-order valence-electron chi connectivity index (χ0n) is 14.2. The largest absolute Gasteiger partial charge is 0.495 e. The first-order valence-electron chi connectivity index (χ1n) is 7.93. The van der Waals surface area contributed by atoms with Crippen molar-refractivity contribution in [2.45, 2.75) is 6.18 Å². The van der Waals surface area contributed by atoms with Crippen molar-refractivity contribution in [3.8, 4) is 11.5 Å². The maximum absolute atomic E-state index is 13.3. The van der Waals surface area contributed by atoms with E-state index in [2.05, 4.69) is 0 Å². The van der Waals surface area contributed by atoms with Crippen LogP contribution < -0.4 is 19.9 Å². The third-order valence-electron chi connectivity index (χ3n) is 3.72. The summed E-state index contributed by atoms with van der Waals surface area (Å²) in [6.07, 6.45) is -4.49. The molecule has 0 N–H and O–H groups in total. The van der Waals surface area contributed by atoms with Crippen LogP contribution in [0.15, 0.2) is 72.8 Å². The van der Waals surface area contributed by atoms with Gasteiger partial charge in [-0.2, -0.15) is 13.2 Å². The lowest BCUT2D eigenvalue weighted by Gasteiger charge is -2.22. The summed E-state index contributed by atoms with van der Waals surface area (Å²) in [5, 5.41) is 1.82. The van der Waals surface area contributed by atoms with Gasteiger partial charge in [0.15, 0.2) is 8.15 Å². The third kappa shape index (κ3) is 4.74. The summed E-state index contributed by atoms with van der Waals surface area (Å²) in [5.74, 6) is 0.289. The molecule has 2 nitrogen and oxygen atoms in total. The normalized spacial score (nSPS) is 11.5. The van der Waals surface area contributed by atoms with Crippen molar-refractivity contribution in [2.75, 3.05) is 7.11 Å². The molecule has 0 spiro atoms. The molecule has 0 unspecified atom stereocenters. The highest BCUT2D eigenvalue weighted by molar-refractivity contribution is 14.1. The van der Waals surface area contributed by atoms with E-state index < -0.39 is 19.9 Å². The molecule has 0 aliphatic rings. The van der Waals surface area contributed by atoms with Crippen LogP contribution in [0, 0.1) is 3.57 Å². The van der Waals surface area contributed by atoms with Crippen LogP contribution in [-0.4, -0.2) is 7.11 Å². The SMILES string of the molecule is COc1cc(C(F)(F)F)cc(OP(c2ccccc2)c2ccccc2)c1I. The average Bonchev–Trinajstić information content (AvgIpc) is 2.67. The molecule has 140 valence electrons. The summed E-state index contributed by atoms with van der Waals surface area (Å²) in [5.41, 5.74) is -0.800. The minimum Gasteiger partial charge on any atom is -0.495 e. The molecule has 7 heteroatoms. The molecule has 3 aromatic carbocycles. The summed E-state index contributed by atoms with van der Waals surface area (Å²) < 4.78 is 51.7. The van der Waals surface area contributed by atoms with Crippen molar-refractivity contribution in [3.05, 3.63) is 81.9 Å². The van der Waals surface area contributed by atoms with E-state index in [-0.39, 0.29) is 11.5 Å². The fraction of sp³-hybridized carbons (Fsp3) is 0.100. The number of rotatable bonds is 5. The lowest BCUT2D eigenvalue weighted by Crippen LogP contribution is -2.16. The first-order chi connectivity index (χ1) is 12.9. The molecule has 0 radical (unpaired) electrons. The Morgan fingerprint density at radius 2 is 1.30 bits per heavy atom. The Bertz CT molecular complexity index is 863. The van der Waals surface area contributed by atoms with Gasteiger partial charge in [-0.3, -0.25) is 0 Å². The summed E-state index contributed by atoms with van der Waals surface area (Å²) in [4.78, 5) is 0. The maximum Gasteiger partial charge on any atom is 0.416 e. The molecular formula is C20H15F3IO2P. The number of halogens is 4. The van der Waals surface area contributed by atoms with Crippen LogP contribution in [0.5, 0.6) is 11.5 Å². The quantitative estimate of drug-likeness (QED) is 0.327. The minimum atomic E-state index is -4.49. The van der Waals surface area contributed by atoms with E-state index in [0.29, 0.717) is 3.57 Å². The molecular weight excluding hydrogens is 487 g/mol. The lowest BCUT2D eigenvalue weighted by molar-refractivity contribution is -0.137. The fourth-order valence-electron chi connectivity index (χ4n) is 2.43. The van der Waals surface area contributed by atoms with Crippen molar-refractivity contribution in [1.82, 2.24) is 0 Å². The summed E-state index contributed by atoms with van der Waals surface area (Å²) in [6.45, 7) is 0. The van der Waals surface area contributed by atoms with Crippen LogP contribution in [0.25, 0.3) is 0 Å². The van der Waals surface area contributed by atoms with Crippen molar-refractivity contribution < 1.29 is 22.4 Å². The lowest BCUT2D eigenvalue weighted by atomic mass is 10.2. The topological polar surface area (TPSA) is 18.5 Å². The van der Waals surface area contributed by atoms with Gasteiger partial charge in [-0.15, -0.1) is 0 Å². The molecule has 0 aliphatic heterocycles. The van der Waals surface area contributed by atoms with E-state index in [4.69, 9.17) is 9.26 Å².